The number of hydrogen-bond donors (Lipinski definition) is 0. The summed E-state index contributed by atoms with van der Waals surface area (Å²) in [6.45, 7) is 1.81. The molecule has 0 unspecified atom stereocenters. The summed E-state index contributed by atoms with van der Waals surface area (Å²) >= 11 is 0.682. The van der Waals surface area contributed by atoms with E-state index >= 15 is 0 Å². The Balaban J connectivity index is 2.68. The van der Waals surface area contributed by atoms with Crippen molar-refractivity contribution in [3.05, 3.63) is 35.9 Å². The Kier molecular flexibility index (Phi) is 5.86. The van der Waals surface area contributed by atoms with E-state index in [0.29, 0.717) is 16.7 Å². The van der Waals surface area contributed by atoms with Crippen molar-refractivity contribution in [3.63, 3.8) is 0 Å². The highest BCUT2D eigenvalue weighted by molar-refractivity contribution is 8.19. The maximum Gasteiger partial charge on any atom is 0.326 e. The van der Waals surface area contributed by atoms with E-state index in [4.69, 9.17) is 15.4 Å². The number of rotatable bonds is 5. The van der Waals surface area contributed by atoms with Crippen LogP contribution >= 0.6 is 21.8 Å². The van der Waals surface area contributed by atoms with E-state index in [0.717, 1.165) is 4.31 Å². The predicted molar refractivity (Wildman–Crippen MR) is 67.6 cm³/mol. The summed E-state index contributed by atoms with van der Waals surface area (Å²) in [5.41, 5.74) is 0.477. The molecule has 1 amide bonds. The summed E-state index contributed by atoms with van der Waals surface area (Å²) < 4.78 is 5.90. The summed E-state index contributed by atoms with van der Waals surface area (Å²) in [5.74, 6) is -0.802. The lowest BCUT2D eigenvalue weighted by Gasteiger charge is -2.16. The summed E-state index contributed by atoms with van der Waals surface area (Å²) in [4.78, 5) is 23.2. The molecule has 0 saturated heterocycles. The third-order valence-electron chi connectivity index (χ3n) is 1.91. The minimum atomic E-state index is -0.482. The summed E-state index contributed by atoms with van der Waals surface area (Å²) in [6.07, 6.45) is 0. The zero-order valence-electron chi connectivity index (χ0n) is 9.26. The van der Waals surface area contributed by atoms with E-state index in [1.165, 1.54) is 0 Å². The van der Waals surface area contributed by atoms with Gasteiger partial charge in [0.15, 0.2) is 0 Å². The maximum absolute atomic E-state index is 11.9. The Morgan fingerprint density at radius 3 is 2.53 bits per heavy atom. The molecule has 6 heteroatoms. The van der Waals surface area contributed by atoms with Crippen LogP contribution in [0.2, 0.25) is 0 Å². The maximum atomic E-state index is 11.9. The first-order valence-electron chi connectivity index (χ1n) is 5.00. The number of esters is 1. The fourth-order valence-corrected chi connectivity index (χ4v) is 1.83. The molecule has 1 aromatic carbocycles. The second-order valence-corrected chi connectivity index (χ2v) is 4.07. The Hall–Kier alpha value is -1.20. The van der Waals surface area contributed by atoms with Gasteiger partial charge in [-0.25, -0.2) is 0 Å². The van der Waals surface area contributed by atoms with E-state index in [9.17, 15) is 9.59 Å². The van der Waals surface area contributed by atoms with Crippen molar-refractivity contribution < 1.29 is 14.3 Å². The Labute approximate surface area is 109 Å². The molecule has 0 atom stereocenters. The highest BCUT2D eigenvalue weighted by atomic mass is 35.7. The molecule has 0 radical (unpaired) electrons. The SMILES string of the molecule is CCOC(=O)CN(SCl)C(=O)c1ccccc1. The van der Waals surface area contributed by atoms with E-state index in [1.54, 1.807) is 37.3 Å². The van der Waals surface area contributed by atoms with Crippen LogP contribution in [0.1, 0.15) is 17.3 Å². The molecule has 0 N–H and O–H groups in total. The summed E-state index contributed by atoms with van der Waals surface area (Å²) in [7, 11) is 5.57. The van der Waals surface area contributed by atoms with Crippen LogP contribution in [0.5, 0.6) is 0 Å². The van der Waals surface area contributed by atoms with E-state index in [1.807, 2.05) is 0 Å². The average Bonchev–Trinajstić information content (AvgIpc) is 2.36. The van der Waals surface area contributed by atoms with E-state index in [-0.39, 0.29) is 19.1 Å². The normalized spacial score (nSPS) is 9.76. The number of carbonyl (C=O) groups excluding carboxylic acids is 2. The molecule has 4 nitrogen and oxygen atoms in total. The number of benzene rings is 1. The molecule has 0 aliphatic carbocycles. The lowest BCUT2D eigenvalue weighted by Crippen LogP contribution is -2.30. The predicted octanol–water partition coefficient (Wildman–Crippen LogP) is 2.49. The highest BCUT2D eigenvalue weighted by Crippen LogP contribution is 2.18. The standard InChI is InChI=1S/C11H12ClNO3S/c1-2-16-10(14)8-13(17-12)11(15)9-6-4-3-5-7-9/h3-7H,2,8H2,1H3. The number of ether oxygens (including phenoxy) is 1. The zero-order chi connectivity index (χ0) is 12.7. The van der Waals surface area contributed by atoms with Crippen molar-refractivity contribution in [2.45, 2.75) is 6.92 Å². The number of hydrogen-bond acceptors (Lipinski definition) is 4. The third kappa shape index (κ3) is 4.28. The van der Waals surface area contributed by atoms with Crippen molar-refractivity contribution in [1.29, 1.82) is 0 Å². The summed E-state index contributed by atoms with van der Waals surface area (Å²) in [6, 6.07) is 8.62. The molecule has 0 fully saturated rings. The molecular formula is C11H12ClNO3S. The summed E-state index contributed by atoms with van der Waals surface area (Å²) in [5, 5.41) is 0. The largest absolute Gasteiger partial charge is 0.465 e. The lowest BCUT2D eigenvalue weighted by molar-refractivity contribution is -0.142. The van der Waals surface area contributed by atoms with Gasteiger partial charge in [0.2, 0.25) is 0 Å². The first kappa shape index (κ1) is 13.9. The van der Waals surface area contributed by atoms with Crippen LogP contribution in [-0.2, 0) is 9.53 Å². The highest BCUT2D eigenvalue weighted by Gasteiger charge is 2.19. The monoisotopic (exact) mass is 273 g/mol. The van der Waals surface area contributed by atoms with Gasteiger partial charge in [-0.1, -0.05) is 18.2 Å². The van der Waals surface area contributed by atoms with Crippen LogP contribution in [0.15, 0.2) is 30.3 Å². The molecule has 0 saturated carbocycles. The zero-order valence-corrected chi connectivity index (χ0v) is 10.8. The number of nitrogens with zero attached hydrogens (tertiary/aromatic N) is 1. The Morgan fingerprint density at radius 2 is 2.00 bits per heavy atom. The number of amides is 1. The van der Waals surface area contributed by atoms with Gasteiger partial charge in [-0.15, -0.1) is 0 Å². The molecule has 0 aliphatic rings. The van der Waals surface area contributed by atoms with Crippen molar-refractivity contribution in [2.24, 2.45) is 0 Å². The van der Waals surface area contributed by atoms with Gasteiger partial charge in [0.1, 0.15) is 6.54 Å². The third-order valence-corrected chi connectivity index (χ3v) is 2.87. The molecule has 0 bridgehead atoms. The Bertz CT molecular complexity index is 386. The molecular weight excluding hydrogens is 262 g/mol. The first-order valence-corrected chi connectivity index (χ1v) is 6.60. The van der Waals surface area contributed by atoms with Crippen LogP contribution in [0.4, 0.5) is 0 Å². The van der Waals surface area contributed by atoms with Gasteiger partial charge in [0.05, 0.1) is 17.8 Å². The van der Waals surface area contributed by atoms with Crippen molar-refractivity contribution >= 4 is 33.7 Å². The van der Waals surface area contributed by atoms with Gasteiger partial charge in [0.25, 0.3) is 5.91 Å². The van der Waals surface area contributed by atoms with Crippen LogP contribution in [0, 0.1) is 0 Å². The minimum Gasteiger partial charge on any atom is -0.465 e. The van der Waals surface area contributed by atoms with Crippen LogP contribution < -0.4 is 0 Å². The van der Waals surface area contributed by atoms with E-state index in [2.05, 4.69) is 0 Å². The van der Waals surface area contributed by atoms with Crippen molar-refractivity contribution in [1.82, 2.24) is 4.31 Å². The quantitative estimate of drug-likeness (QED) is 0.611. The van der Waals surface area contributed by atoms with Crippen LogP contribution in [0.25, 0.3) is 0 Å². The molecule has 0 aliphatic heterocycles. The topological polar surface area (TPSA) is 46.6 Å². The Morgan fingerprint density at radius 1 is 1.35 bits per heavy atom. The molecule has 1 aromatic rings. The molecule has 0 heterocycles. The lowest BCUT2D eigenvalue weighted by atomic mass is 10.2. The molecule has 0 aromatic heterocycles. The van der Waals surface area contributed by atoms with E-state index < -0.39 is 5.97 Å². The van der Waals surface area contributed by atoms with Gasteiger partial charge in [-0.2, -0.15) is 0 Å². The number of halogens is 1. The van der Waals surface area contributed by atoms with Gasteiger partial charge in [-0.05, 0) is 29.7 Å². The number of carbonyl (C=O) groups is 2. The fraction of sp³-hybridized carbons (Fsp3) is 0.273. The first-order chi connectivity index (χ1) is 8.19. The van der Waals surface area contributed by atoms with Crippen LogP contribution in [-0.4, -0.2) is 29.3 Å². The molecule has 0 spiro atoms. The smallest absolute Gasteiger partial charge is 0.326 e. The second-order valence-electron chi connectivity index (χ2n) is 3.08. The van der Waals surface area contributed by atoms with Gasteiger partial charge in [-0.3, -0.25) is 13.9 Å². The second kappa shape index (κ2) is 7.19. The van der Waals surface area contributed by atoms with Crippen LogP contribution in [0.3, 0.4) is 0 Å². The van der Waals surface area contributed by atoms with Gasteiger partial charge < -0.3 is 4.74 Å². The molecule has 1 rings (SSSR count). The average molecular weight is 274 g/mol. The minimum absolute atomic E-state index is 0.171. The fourth-order valence-electron chi connectivity index (χ4n) is 1.18. The van der Waals surface area contributed by atoms with Gasteiger partial charge >= 0.3 is 5.97 Å². The van der Waals surface area contributed by atoms with Crippen molar-refractivity contribution in [2.75, 3.05) is 13.2 Å². The molecule has 17 heavy (non-hydrogen) atoms. The van der Waals surface area contributed by atoms with Gasteiger partial charge in [0, 0.05) is 5.56 Å². The van der Waals surface area contributed by atoms with Crippen molar-refractivity contribution in [3.8, 4) is 0 Å². The molecule has 92 valence electrons.